The van der Waals surface area contributed by atoms with Gasteiger partial charge in [-0.25, -0.2) is 9.97 Å². The van der Waals surface area contributed by atoms with Gasteiger partial charge in [-0.2, -0.15) is 0 Å². The maximum Gasteiger partial charge on any atom is 0.232 e. The molecule has 2 atom stereocenters. The molecule has 1 amide bonds. The molecule has 134 valence electrons. The Hall–Kier alpha value is -2.73. The summed E-state index contributed by atoms with van der Waals surface area (Å²) in [7, 11) is 1.77. The van der Waals surface area contributed by atoms with Gasteiger partial charge >= 0.3 is 0 Å². The Kier molecular flexibility index (Phi) is 3.93. The number of benzene rings is 1. The molecule has 1 aliphatic heterocycles. The molecule has 2 aromatic heterocycles. The van der Waals surface area contributed by atoms with Crippen LogP contribution in [0, 0.1) is 5.92 Å². The van der Waals surface area contributed by atoms with Gasteiger partial charge in [-0.1, -0.05) is 24.3 Å². The van der Waals surface area contributed by atoms with E-state index in [2.05, 4.69) is 22.1 Å². The van der Waals surface area contributed by atoms with Crippen LogP contribution >= 0.6 is 11.8 Å². The normalized spacial score (nSPS) is 19.7. The second-order valence-electron chi connectivity index (χ2n) is 6.96. The Morgan fingerprint density at radius 3 is 2.93 bits per heavy atom. The highest BCUT2D eigenvalue weighted by atomic mass is 32.2. The molecule has 3 aromatic rings. The molecule has 0 spiro atoms. The van der Waals surface area contributed by atoms with Crippen molar-refractivity contribution in [3.05, 3.63) is 66.1 Å². The third-order valence-corrected chi connectivity index (χ3v) is 6.35. The number of nitrogens with zero attached hydrogens (tertiary/aromatic N) is 4. The molecule has 1 saturated carbocycles. The molecule has 0 saturated heterocycles. The Labute approximate surface area is 161 Å². The number of amides is 1. The molecule has 27 heavy (non-hydrogen) atoms. The lowest BCUT2D eigenvalue weighted by atomic mass is 10.1. The molecule has 3 heterocycles. The standard InChI is InChI=1S/C21H18N4OS/c1-25(20(26)17-9-16(17)13-5-4-8-22-10-13)21-23-11-14-12-27-18-7-3-2-6-15(18)19(14)24-21/h2-8,10-11,16-17H,9,12H2,1H3/t16-,17+/m0/s1. The summed E-state index contributed by atoms with van der Waals surface area (Å²) in [5.41, 5.74) is 4.30. The van der Waals surface area contributed by atoms with E-state index in [-0.39, 0.29) is 17.7 Å². The monoisotopic (exact) mass is 374 g/mol. The van der Waals surface area contributed by atoms with Crippen LogP contribution < -0.4 is 4.90 Å². The minimum absolute atomic E-state index is 0.0123. The predicted octanol–water partition coefficient (Wildman–Crippen LogP) is 3.91. The van der Waals surface area contributed by atoms with Crippen LogP contribution in [0.25, 0.3) is 11.3 Å². The van der Waals surface area contributed by atoms with E-state index < -0.39 is 0 Å². The third kappa shape index (κ3) is 2.90. The van der Waals surface area contributed by atoms with Crippen LogP contribution in [0.5, 0.6) is 0 Å². The van der Waals surface area contributed by atoms with Gasteiger partial charge in [-0.3, -0.25) is 14.7 Å². The highest BCUT2D eigenvalue weighted by Gasteiger charge is 2.46. The van der Waals surface area contributed by atoms with Gasteiger partial charge in [-0.05, 0) is 30.0 Å². The minimum Gasteiger partial charge on any atom is -0.284 e. The average molecular weight is 374 g/mol. The first kappa shape index (κ1) is 16.4. The summed E-state index contributed by atoms with van der Waals surface area (Å²) in [5.74, 6) is 1.64. The minimum atomic E-state index is -0.0123. The number of thioether (sulfide) groups is 1. The lowest BCUT2D eigenvalue weighted by Gasteiger charge is -2.21. The number of carbonyl (C=O) groups excluding carboxylic acids is 1. The summed E-state index contributed by atoms with van der Waals surface area (Å²) < 4.78 is 0. The molecular formula is C21H18N4OS. The second kappa shape index (κ2) is 6.46. The quantitative estimate of drug-likeness (QED) is 0.696. The number of anilines is 1. The van der Waals surface area contributed by atoms with Crippen molar-refractivity contribution in [2.45, 2.75) is 23.0 Å². The lowest BCUT2D eigenvalue weighted by molar-refractivity contribution is -0.119. The first-order valence-electron chi connectivity index (χ1n) is 8.98. The molecule has 2 aliphatic rings. The molecule has 1 aromatic carbocycles. The molecular weight excluding hydrogens is 356 g/mol. The molecule has 6 heteroatoms. The first-order valence-corrected chi connectivity index (χ1v) is 9.96. The van der Waals surface area contributed by atoms with Gasteiger partial charge < -0.3 is 0 Å². The number of carbonyl (C=O) groups is 1. The second-order valence-corrected chi connectivity index (χ2v) is 7.98. The molecule has 0 N–H and O–H groups in total. The van der Waals surface area contributed by atoms with Gasteiger partial charge in [-0.15, -0.1) is 11.8 Å². The van der Waals surface area contributed by atoms with Crippen molar-refractivity contribution in [1.82, 2.24) is 15.0 Å². The van der Waals surface area contributed by atoms with E-state index in [0.717, 1.165) is 34.6 Å². The van der Waals surface area contributed by atoms with Crippen molar-refractivity contribution in [2.24, 2.45) is 5.92 Å². The van der Waals surface area contributed by atoms with Crippen molar-refractivity contribution in [2.75, 3.05) is 11.9 Å². The predicted molar refractivity (Wildman–Crippen MR) is 106 cm³/mol. The van der Waals surface area contributed by atoms with Crippen molar-refractivity contribution in [3.8, 4) is 11.3 Å². The Balaban J connectivity index is 1.41. The fraction of sp³-hybridized carbons (Fsp3) is 0.238. The summed E-state index contributed by atoms with van der Waals surface area (Å²) >= 11 is 1.80. The van der Waals surface area contributed by atoms with Crippen LogP contribution in [0.1, 0.15) is 23.5 Å². The van der Waals surface area contributed by atoms with E-state index in [9.17, 15) is 4.79 Å². The maximum atomic E-state index is 12.9. The molecule has 0 radical (unpaired) electrons. The van der Waals surface area contributed by atoms with Gasteiger partial charge in [0.15, 0.2) is 0 Å². The van der Waals surface area contributed by atoms with E-state index in [1.807, 2.05) is 36.7 Å². The van der Waals surface area contributed by atoms with E-state index in [1.54, 1.807) is 29.9 Å². The highest BCUT2D eigenvalue weighted by molar-refractivity contribution is 7.98. The van der Waals surface area contributed by atoms with Crippen LogP contribution in [0.2, 0.25) is 0 Å². The van der Waals surface area contributed by atoms with Gasteiger partial charge in [0.05, 0.1) is 5.69 Å². The van der Waals surface area contributed by atoms with Crippen LogP contribution in [-0.4, -0.2) is 27.9 Å². The molecule has 5 rings (SSSR count). The zero-order valence-corrected chi connectivity index (χ0v) is 15.7. The number of pyridine rings is 1. The zero-order valence-electron chi connectivity index (χ0n) is 14.9. The number of fused-ring (bicyclic) bond motifs is 3. The summed E-state index contributed by atoms with van der Waals surface area (Å²) in [5, 5.41) is 0. The summed E-state index contributed by atoms with van der Waals surface area (Å²) in [6.45, 7) is 0. The van der Waals surface area contributed by atoms with Gasteiger partial charge in [0.1, 0.15) is 0 Å². The van der Waals surface area contributed by atoms with Crippen molar-refractivity contribution in [3.63, 3.8) is 0 Å². The van der Waals surface area contributed by atoms with Crippen LogP contribution in [-0.2, 0) is 10.5 Å². The van der Waals surface area contributed by atoms with Gasteiger partial charge in [0.25, 0.3) is 0 Å². The number of hydrogen-bond donors (Lipinski definition) is 0. The van der Waals surface area contributed by atoms with Crippen molar-refractivity contribution < 1.29 is 4.79 Å². The van der Waals surface area contributed by atoms with Gasteiger partial charge in [0.2, 0.25) is 11.9 Å². The zero-order chi connectivity index (χ0) is 18.4. The Morgan fingerprint density at radius 2 is 2.07 bits per heavy atom. The number of rotatable bonds is 3. The van der Waals surface area contributed by atoms with Crippen LogP contribution in [0.15, 0.2) is 59.9 Å². The number of aromatic nitrogens is 3. The first-order chi connectivity index (χ1) is 13.2. The molecule has 5 nitrogen and oxygen atoms in total. The number of hydrogen-bond acceptors (Lipinski definition) is 5. The lowest BCUT2D eigenvalue weighted by Crippen LogP contribution is -2.30. The topological polar surface area (TPSA) is 59.0 Å². The van der Waals surface area contributed by atoms with E-state index in [0.29, 0.717) is 5.95 Å². The summed E-state index contributed by atoms with van der Waals surface area (Å²) in [4.78, 5) is 29.1. The highest BCUT2D eigenvalue weighted by Crippen LogP contribution is 2.48. The van der Waals surface area contributed by atoms with E-state index >= 15 is 0 Å². The fourth-order valence-corrected chi connectivity index (χ4v) is 4.64. The maximum absolute atomic E-state index is 12.9. The average Bonchev–Trinajstić information content (AvgIpc) is 3.54. The molecule has 1 aliphatic carbocycles. The molecule has 1 fully saturated rings. The van der Waals surface area contributed by atoms with Crippen molar-refractivity contribution >= 4 is 23.6 Å². The molecule has 0 bridgehead atoms. The van der Waals surface area contributed by atoms with E-state index in [1.165, 1.54) is 4.90 Å². The SMILES string of the molecule is CN(C(=O)[C@@H]1C[C@H]1c1cccnc1)c1ncc2c(n1)-c1ccccc1SC2. The summed E-state index contributed by atoms with van der Waals surface area (Å²) in [6, 6.07) is 12.2. The largest absolute Gasteiger partial charge is 0.284 e. The smallest absolute Gasteiger partial charge is 0.232 e. The Morgan fingerprint density at radius 1 is 1.19 bits per heavy atom. The molecule has 0 unspecified atom stereocenters. The summed E-state index contributed by atoms with van der Waals surface area (Å²) in [6.07, 6.45) is 6.32. The fourth-order valence-electron chi connectivity index (χ4n) is 3.62. The van der Waals surface area contributed by atoms with Crippen LogP contribution in [0.3, 0.4) is 0 Å². The Bertz CT molecular complexity index is 1020. The van der Waals surface area contributed by atoms with Crippen LogP contribution in [0.4, 0.5) is 5.95 Å². The third-order valence-electron chi connectivity index (χ3n) is 5.23. The van der Waals surface area contributed by atoms with E-state index in [4.69, 9.17) is 4.98 Å². The van der Waals surface area contributed by atoms with Crippen molar-refractivity contribution in [1.29, 1.82) is 0 Å². The van der Waals surface area contributed by atoms with Gasteiger partial charge in [0, 0.05) is 53.3 Å².